The van der Waals surface area contributed by atoms with Crippen LogP contribution in [0.3, 0.4) is 0 Å². The average molecular weight is 870 g/mol. The monoisotopic (exact) mass is 869 g/mol. The van der Waals surface area contributed by atoms with E-state index in [0.29, 0.717) is 28.8 Å². The first-order valence-corrected chi connectivity index (χ1v) is 23.9. The van der Waals surface area contributed by atoms with Crippen LogP contribution in [0.2, 0.25) is 0 Å². The van der Waals surface area contributed by atoms with E-state index in [1.165, 1.54) is 0 Å². The Bertz CT molecular complexity index is 2830. The van der Waals surface area contributed by atoms with Gasteiger partial charge >= 0.3 is 15.3 Å². The number of amidine groups is 1. The van der Waals surface area contributed by atoms with Crippen molar-refractivity contribution in [2.45, 2.75) is 0 Å². The Labute approximate surface area is 373 Å². The van der Waals surface area contributed by atoms with Crippen molar-refractivity contribution < 1.29 is 18.1 Å². The zero-order valence-electron chi connectivity index (χ0n) is 34.5. The van der Waals surface area contributed by atoms with Crippen LogP contribution < -0.4 is 18.1 Å². The van der Waals surface area contributed by atoms with Crippen LogP contribution in [-0.2, 0) is 0 Å². The highest BCUT2D eigenvalue weighted by molar-refractivity contribution is 7.68. The molecule has 0 aromatic heterocycles. The van der Waals surface area contributed by atoms with E-state index in [1.807, 2.05) is 200 Å². The van der Waals surface area contributed by atoms with Crippen LogP contribution in [0.15, 0.2) is 263 Å². The van der Waals surface area contributed by atoms with Gasteiger partial charge in [-0.15, -0.1) is 0 Å². The fourth-order valence-corrected chi connectivity index (χ4v) is 12.0. The molecule has 7 nitrogen and oxygen atoms in total. The molecule has 10 rings (SSSR count). The molecule has 0 N–H and O–H groups in total. The molecule has 0 atom stereocenters. The Morgan fingerprint density at radius 1 is 0.250 bits per heavy atom. The van der Waals surface area contributed by atoms with Gasteiger partial charge in [0.1, 0.15) is 23.0 Å². The van der Waals surface area contributed by atoms with E-state index in [1.54, 1.807) is 0 Å². The van der Waals surface area contributed by atoms with E-state index >= 15 is 0 Å². The van der Waals surface area contributed by atoms with Gasteiger partial charge in [-0.2, -0.15) is 9.51 Å². The molecular formula is C55H41N3O4P2. The lowest BCUT2D eigenvalue weighted by Crippen LogP contribution is -2.12. The third-order valence-electron chi connectivity index (χ3n) is 10.4. The topological polar surface area (TPSA) is 74.0 Å². The van der Waals surface area contributed by atoms with E-state index in [-0.39, 0.29) is 0 Å². The van der Waals surface area contributed by atoms with Crippen LogP contribution in [0.25, 0.3) is 44.5 Å². The van der Waals surface area contributed by atoms with Crippen LogP contribution in [0.1, 0.15) is 5.56 Å². The molecule has 0 spiro atoms. The minimum Gasteiger partial charge on any atom is -0.413 e. The van der Waals surface area contributed by atoms with Gasteiger partial charge in [-0.1, -0.05) is 205 Å². The molecule has 310 valence electrons. The summed E-state index contributed by atoms with van der Waals surface area (Å²) in [5.74, 6) is 2.35. The molecule has 0 bridgehead atoms. The van der Waals surface area contributed by atoms with Crippen molar-refractivity contribution in [3.8, 4) is 67.5 Å². The largest absolute Gasteiger partial charge is 0.456 e. The lowest BCUT2D eigenvalue weighted by molar-refractivity contribution is 0.459. The van der Waals surface area contributed by atoms with Crippen molar-refractivity contribution in [2.75, 3.05) is 0 Å². The molecule has 1 aliphatic heterocycles. The highest BCUT2D eigenvalue weighted by Gasteiger charge is 2.42. The zero-order valence-corrected chi connectivity index (χ0v) is 36.3. The second-order valence-electron chi connectivity index (χ2n) is 14.9. The highest BCUT2D eigenvalue weighted by atomic mass is 31.2. The fourth-order valence-electron chi connectivity index (χ4n) is 7.34. The maximum atomic E-state index is 7.17. The van der Waals surface area contributed by atoms with Crippen molar-refractivity contribution in [3.63, 3.8) is 0 Å². The summed E-state index contributed by atoms with van der Waals surface area (Å²) in [6.07, 6.45) is 0. The smallest absolute Gasteiger partial charge is 0.413 e. The Morgan fingerprint density at radius 2 is 0.516 bits per heavy atom. The van der Waals surface area contributed by atoms with E-state index in [0.717, 1.165) is 50.1 Å². The van der Waals surface area contributed by atoms with Crippen molar-refractivity contribution >= 4 is 21.2 Å². The van der Waals surface area contributed by atoms with Gasteiger partial charge in [0.15, 0.2) is 5.84 Å². The van der Waals surface area contributed by atoms with Gasteiger partial charge in [0.05, 0.1) is 0 Å². The van der Waals surface area contributed by atoms with Crippen LogP contribution in [0.4, 0.5) is 0 Å². The quantitative estimate of drug-likeness (QED) is 0.108. The lowest BCUT2D eigenvalue weighted by Gasteiger charge is -2.30. The number of hydrogen-bond acceptors (Lipinski definition) is 7. The number of hydrogen-bond donors (Lipinski definition) is 0. The second-order valence-corrected chi connectivity index (χ2v) is 18.7. The third-order valence-corrected chi connectivity index (χ3v) is 14.8. The molecule has 0 saturated heterocycles. The standard InChI is InChI=1S/C55H41N3O4P2/c1-6-20-42(21-7-1)47-30-16-34-51(38-47)59-63(60-52-35-17-31-48(39-52)43-22-8-2-9-23-43)56-55(46-28-14-5-15-29-46)57-64(58-63,61-53-36-18-32-49(40-53)44-24-10-3-11-25-44)62-54-37-19-33-50(41-54)45-26-12-4-13-27-45/h1-41H. The summed E-state index contributed by atoms with van der Waals surface area (Å²) in [4.78, 5) is 0. The van der Waals surface area contributed by atoms with Crippen molar-refractivity contribution in [1.29, 1.82) is 0 Å². The molecule has 0 unspecified atom stereocenters. The summed E-state index contributed by atoms with van der Waals surface area (Å²) in [6.45, 7) is 0. The normalized spacial score (nSPS) is 13.6. The van der Waals surface area contributed by atoms with Gasteiger partial charge < -0.3 is 18.1 Å². The third kappa shape index (κ3) is 9.38. The predicted molar refractivity (Wildman–Crippen MR) is 262 cm³/mol. The summed E-state index contributed by atoms with van der Waals surface area (Å²) >= 11 is 0. The molecular weight excluding hydrogens is 829 g/mol. The first kappa shape index (κ1) is 40.4. The lowest BCUT2D eigenvalue weighted by atomic mass is 10.1. The number of rotatable bonds is 13. The Hall–Kier alpha value is -7.69. The van der Waals surface area contributed by atoms with Crippen molar-refractivity contribution in [3.05, 3.63) is 254 Å². The molecule has 0 saturated carbocycles. The van der Waals surface area contributed by atoms with Crippen LogP contribution in [-0.4, -0.2) is 5.84 Å². The first-order valence-electron chi connectivity index (χ1n) is 20.9. The molecule has 1 heterocycles. The van der Waals surface area contributed by atoms with Crippen LogP contribution in [0, 0.1) is 0 Å². The minimum absolute atomic E-state index is 0.328. The van der Waals surface area contributed by atoms with Gasteiger partial charge in [0.25, 0.3) is 0 Å². The molecule has 0 aliphatic carbocycles. The van der Waals surface area contributed by atoms with Crippen molar-refractivity contribution in [2.24, 2.45) is 14.0 Å². The van der Waals surface area contributed by atoms with Gasteiger partial charge in [0.2, 0.25) is 0 Å². The maximum absolute atomic E-state index is 7.17. The summed E-state index contributed by atoms with van der Waals surface area (Å²) < 4.78 is 44.8. The minimum atomic E-state index is -3.90. The van der Waals surface area contributed by atoms with Gasteiger partial charge in [0, 0.05) is 5.56 Å². The average Bonchev–Trinajstić information content (AvgIpc) is 3.35. The van der Waals surface area contributed by atoms with Gasteiger partial charge in [-0.25, -0.2) is 0 Å². The zero-order chi connectivity index (χ0) is 43.0. The molecule has 0 fully saturated rings. The van der Waals surface area contributed by atoms with Gasteiger partial charge in [-0.3, -0.25) is 0 Å². The van der Waals surface area contributed by atoms with E-state index in [2.05, 4.69) is 48.5 Å². The highest BCUT2D eigenvalue weighted by Crippen LogP contribution is 2.68. The van der Waals surface area contributed by atoms with Crippen LogP contribution in [0.5, 0.6) is 23.0 Å². The summed E-state index contributed by atoms with van der Waals surface area (Å²) in [7, 11) is -7.79. The Kier molecular flexibility index (Phi) is 11.6. The SMILES string of the molecule is c1ccc(C2=NP(Oc3cccc(-c4ccccc4)c3)(Oc3cccc(-c4ccccc4)c3)=NP(Oc3cccc(-c4ccccc4)c3)(Oc3cccc(-c4ccccc4)c3)=N2)cc1. The molecule has 9 aromatic carbocycles. The first-order chi connectivity index (χ1) is 31.6. The fraction of sp³-hybridized carbons (Fsp3) is 0. The van der Waals surface area contributed by atoms with E-state index in [4.69, 9.17) is 32.1 Å². The second kappa shape index (κ2) is 18.3. The number of benzene rings is 9. The van der Waals surface area contributed by atoms with Crippen LogP contribution >= 0.6 is 15.3 Å². The summed E-state index contributed by atoms with van der Waals surface area (Å²) in [5, 5.41) is 0. The summed E-state index contributed by atoms with van der Waals surface area (Å²) in [5.41, 5.74) is 8.69. The van der Waals surface area contributed by atoms with E-state index in [9.17, 15) is 0 Å². The molecule has 0 radical (unpaired) electrons. The predicted octanol–water partition coefficient (Wildman–Crippen LogP) is 16.3. The summed E-state index contributed by atoms with van der Waals surface area (Å²) in [6, 6.07) is 81.9. The van der Waals surface area contributed by atoms with Crippen molar-refractivity contribution in [1.82, 2.24) is 0 Å². The molecule has 64 heavy (non-hydrogen) atoms. The molecule has 9 aromatic rings. The molecule has 1 aliphatic rings. The maximum Gasteiger partial charge on any atom is 0.456 e. The Balaban J connectivity index is 1.20. The van der Waals surface area contributed by atoms with E-state index < -0.39 is 15.3 Å². The Morgan fingerprint density at radius 3 is 0.828 bits per heavy atom. The van der Waals surface area contributed by atoms with Gasteiger partial charge in [-0.05, 0) is 93.0 Å². The molecule has 0 amide bonds. The number of nitrogens with zero attached hydrogens (tertiary/aromatic N) is 3. The molecule has 9 heteroatoms.